The lowest BCUT2D eigenvalue weighted by atomic mass is 9.80. The molecule has 3 N–H and O–H groups in total. The molecule has 0 aromatic heterocycles. The van der Waals surface area contributed by atoms with Gasteiger partial charge in [0.25, 0.3) is 0 Å². The Balaban J connectivity index is 2.45. The maximum absolute atomic E-state index is 12.6. The minimum absolute atomic E-state index is 0.0486. The molecule has 1 heterocycles. The van der Waals surface area contributed by atoms with Crippen LogP contribution in [-0.4, -0.2) is 48.1 Å². The largest absolute Gasteiger partial charge is 0.488 e. The summed E-state index contributed by atoms with van der Waals surface area (Å²) in [7, 11) is -5.45. The Labute approximate surface area is 118 Å². The molecular formula is C12H18BNO5S. The maximum atomic E-state index is 12.6. The smallest absolute Gasteiger partial charge is 0.423 e. The van der Waals surface area contributed by atoms with Crippen LogP contribution in [0.1, 0.15) is 24.8 Å². The van der Waals surface area contributed by atoms with Crippen LogP contribution in [0.3, 0.4) is 0 Å². The molecule has 0 saturated carbocycles. The summed E-state index contributed by atoms with van der Waals surface area (Å²) in [6, 6.07) is 4.03. The second-order valence-electron chi connectivity index (χ2n) is 4.86. The molecule has 6 nitrogen and oxygen atoms in total. The van der Waals surface area contributed by atoms with Gasteiger partial charge in [-0.15, -0.1) is 0 Å². The average molecular weight is 299 g/mol. The molecule has 0 unspecified atom stereocenters. The first kappa shape index (κ1) is 15.5. The molecule has 0 aliphatic carbocycles. The van der Waals surface area contributed by atoms with Gasteiger partial charge in [-0.1, -0.05) is 18.6 Å². The Hall–Kier alpha value is -0.925. The van der Waals surface area contributed by atoms with Gasteiger partial charge in [0.05, 0.1) is 11.5 Å². The fraction of sp³-hybridized carbons (Fsp3) is 0.500. The summed E-state index contributed by atoms with van der Waals surface area (Å²) in [5, 5.41) is 27.6. The van der Waals surface area contributed by atoms with Crippen LogP contribution in [0.4, 0.5) is 0 Å². The Bertz CT molecular complexity index is 569. The quantitative estimate of drug-likeness (QED) is 0.622. The lowest BCUT2D eigenvalue weighted by Crippen LogP contribution is -2.37. The lowest BCUT2D eigenvalue weighted by Gasteiger charge is -2.27. The van der Waals surface area contributed by atoms with Gasteiger partial charge in [-0.05, 0) is 29.9 Å². The third-order valence-corrected chi connectivity index (χ3v) is 5.47. The minimum atomic E-state index is -3.71. The molecule has 110 valence electrons. The summed E-state index contributed by atoms with van der Waals surface area (Å²) in [5.74, 6) is 0. The predicted octanol–water partition coefficient (Wildman–Crippen LogP) is -0.967. The molecule has 1 aromatic rings. The summed E-state index contributed by atoms with van der Waals surface area (Å²) in [6.45, 7) is 0.502. The van der Waals surface area contributed by atoms with Gasteiger partial charge in [0.1, 0.15) is 0 Å². The summed E-state index contributed by atoms with van der Waals surface area (Å²) in [5.41, 5.74) is 0.359. The van der Waals surface area contributed by atoms with Crippen LogP contribution in [0.2, 0.25) is 0 Å². The highest BCUT2D eigenvalue weighted by molar-refractivity contribution is 7.89. The molecule has 1 aromatic carbocycles. The van der Waals surface area contributed by atoms with Gasteiger partial charge in [-0.2, -0.15) is 4.31 Å². The first-order chi connectivity index (χ1) is 9.46. The van der Waals surface area contributed by atoms with Crippen molar-refractivity contribution in [1.29, 1.82) is 0 Å². The zero-order chi connectivity index (χ0) is 14.8. The molecular weight excluding hydrogens is 281 g/mol. The molecule has 0 spiro atoms. The number of hydrogen-bond donors (Lipinski definition) is 3. The van der Waals surface area contributed by atoms with Crippen molar-refractivity contribution in [2.24, 2.45) is 0 Å². The SMILES string of the molecule is O=S(=O)(c1cc(B(O)O)ccc1CO)N1CCCCC1. The van der Waals surface area contributed by atoms with E-state index in [2.05, 4.69) is 0 Å². The van der Waals surface area contributed by atoms with Crippen LogP contribution < -0.4 is 5.46 Å². The molecule has 0 bridgehead atoms. The van der Waals surface area contributed by atoms with Crippen LogP contribution in [-0.2, 0) is 16.6 Å². The van der Waals surface area contributed by atoms with Crippen LogP contribution in [0.15, 0.2) is 23.1 Å². The Morgan fingerprint density at radius 1 is 1.15 bits per heavy atom. The Morgan fingerprint density at radius 3 is 2.35 bits per heavy atom. The fourth-order valence-corrected chi connectivity index (χ4v) is 4.11. The van der Waals surface area contributed by atoms with Gasteiger partial charge < -0.3 is 15.2 Å². The van der Waals surface area contributed by atoms with E-state index in [0.717, 1.165) is 19.3 Å². The van der Waals surface area contributed by atoms with Gasteiger partial charge in [-0.25, -0.2) is 8.42 Å². The van der Waals surface area contributed by atoms with E-state index in [1.165, 1.54) is 22.5 Å². The van der Waals surface area contributed by atoms with E-state index in [1.807, 2.05) is 0 Å². The third-order valence-electron chi connectivity index (χ3n) is 3.49. The minimum Gasteiger partial charge on any atom is -0.423 e. The van der Waals surface area contributed by atoms with Crippen molar-refractivity contribution < 1.29 is 23.6 Å². The summed E-state index contributed by atoms with van der Waals surface area (Å²) in [4.78, 5) is -0.0486. The lowest BCUT2D eigenvalue weighted by molar-refractivity contribution is 0.277. The highest BCUT2D eigenvalue weighted by Crippen LogP contribution is 2.23. The molecule has 1 saturated heterocycles. The number of sulfonamides is 1. The van der Waals surface area contributed by atoms with Crippen molar-refractivity contribution in [3.05, 3.63) is 23.8 Å². The molecule has 20 heavy (non-hydrogen) atoms. The number of benzene rings is 1. The number of aliphatic hydroxyl groups is 1. The second kappa shape index (κ2) is 6.23. The van der Waals surface area contributed by atoms with Crippen LogP contribution in [0.5, 0.6) is 0 Å². The molecule has 1 fully saturated rings. The van der Waals surface area contributed by atoms with Crippen LogP contribution in [0.25, 0.3) is 0 Å². The van der Waals surface area contributed by atoms with Crippen molar-refractivity contribution in [2.75, 3.05) is 13.1 Å². The molecule has 0 atom stereocenters. The number of piperidine rings is 1. The van der Waals surface area contributed by atoms with Crippen molar-refractivity contribution in [3.63, 3.8) is 0 Å². The molecule has 0 radical (unpaired) electrons. The normalized spacial score (nSPS) is 17.1. The first-order valence-electron chi connectivity index (χ1n) is 6.57. The topological polar surface area (TPSA) is 98.1 Å². The first-order valence-corrected chi connectivity index (χ1v) is 8.01. The monoisotopic (exact) mass is 299 g/mol. The Morgan fingerprint density at radius 2 is 1.80 bits per heavy atom. The van der Waals surface area contributed by atoms with E-state index in [0.29, 0.717) is 13.1 Å². The predicted molar refractivity (Wildman–Crippen MR) is 74.8 cm³/mol. The van der Waals surface area contributed by atoms with E-state index in [1.54, 1.807) is 0 Å². The van der Waals surface area contributed by atoms with Gasteiger partial charge >= 0.3 is 7.12 Å². The van der Waals surface area contributed by atoms with E-state index in [9.17, 15) is 23.6 Å². The highest BCUT2D eigenvalue weighted by Gasteiger charge is 2.29. The summed E-state index contributed by atoms with van der Waals surface area (Å²) >= 11 is 0. The zero-order valence-corrected chi connectivity index (χ0v) is 11.9. The molecule has 1 aliphatic rings. The van der Waals surface area contributed by atoms with Gasteiger partial charge in [0, 0.05) is 13.1 Å². The van der Waals surface area contributed by atoms with Crippen molar-refractivity contribution >= 4 is 22.6 Å². The highest BCUT2D eigenvalue weighted by atomic mass is 32.2. The third kappa shape index (κ3) is 3.04. The molecule has 0 amide bonds. The summed E-state index contributed by atoms with van der Waals surface area (Å²) < 4.78 is 26.6. The fourth-order valence-electron chi connectivity index (χ4n) is 2.35. The number of aliphatic hydroxyl groups excluding tert-OH is 1. The van der Waals surface area contributed by atoms with Crippen molar-refractivity contribution in [2.45, 2.75) is 30.8 Å². The van der Waals surface area contributed by atoms with Gasteiger partial charge in [0.2, 0.25) is 10.0 Å². The van der Waals surface area contributed by atoms with Crippen molar-refractivity contribution in [1.82, 2.24) is 4.31 Å². The van der Waals surface area contributed by atoms with Gasteiger partial charge in [-0.3, -0.25) is 0 Å². The molecule has 8 heteroatoms. The Kier molecular flexibility index (Phi) is 4.82. The van der Waals surface area contributed by atoms with E-state index < -0.39 is 23.7 Å². The standard InChI is InChI=1S/C12H18BNO5S/c15-9-10-4-5-11(13(16)17)8-12(10)20(18,19)14-6-2-1-3-7-14/h4-5,8,15-17H,1-3,6-7,9H2. The number of rotatable bonds is 4. The van der Waals surface area contributed by atoms with Crippen molar-refractivity contribution in [3.8, 4) is 0 Å². The second-order valence-corrected chi connectivity index (χ2v) is 6.77. The number of nitrogens with zero attached hydrogens (tertiary/aromatic N) is 1. The van der Waals surface area contributed by atoms with E-state index in [-0.39, 0.29) is 15.9 Å². The van der Waals surface area contributed by atoms with Gasteiger partial charge in [0.15, 0.2) is 0 Å². The maximum Gasteiger partial charge on any atom is 0.488 e. The summed E-state index contributed by atoms with van der Waals surface area (Å²) in [6.07, 6.45) is 2.64. The van der Waals surface area contributed by atoms with E-state index >= 15 is 0 Å². The molecule has 2 rings (SSSR count). The molecule has 1 aliphatic heterocycles. The number of hydrogen-bond acceptors (Lipinski definition) is 5. The van der Waals surface area contributed by atoms with E-state index in [4.69, 9.17) is 0 Å². The van der Waals surface area contributed by atoms with Crippen LogP contribution >= 0.6 is 0 Å². The van der Waals surface area contributed by atoms with Crippen LogP contribution in [0, 0.1) is 0 Å². The zero-order valence-electron chi connectivity index (χ0n) is 11.1. The average Bonchev–Trinajstić information content (AvgIpc) is 2.47.